The smallest absolute Gasteiger partial charge is 0.159 e. The van der Waals surface area contributed by atoms with Crippen molar-refractivity contribution in [1.82, 2.24) is 19.1 Å². The van der Waals surface area contributed by atoms with Crippen LogP contribution in [0.3, 0.4) is 0 Å². The van der Waals surface area contributed by atoms with Gasteiger partial charge in [-0.3, -0.25) is 0 Å². The summed E-state index contributed by atoms with van der Waals surface area (Å²) in [5.41, 5.74) is 1.98. The number of aryl methyl sites for hydroxylation is 1. The zero-order valence-electron chi connectivity index (χ0n) is 13.7. The molecule has 1 fully saturated rings. The molecular weight excluding hydrogens is 312 g/mol. The van der Waals surface area contributed by atoms with Gasteiger partial charge in [-0.15, -0.1) is 0 Å². The van der Waals surface area contributed by atoms with Crippen molar-refractivity contribution < 1.29 is 4.21 Å². The van der Waals surface area contributed by atoms with Crippen LogP contribution >= 0.6 is 0 Å². The Labute approximate surface area is 137 Å². The number of aromatic nitrogens is 3. The average Bonchev–Trinajstić information content (AvgIpc) is 2.96. The summed E-state index contributed by atoms with van der Waals surface area (Å²) in [5, 5.41) is 8.93. The van der Waals surface area contributed by atoms with E-state index in [9.17, 15) is 4.21 Å². The monoisotopic (exact) mass is 336 g/mol. The number of hydrogen-bond acceptors (Lipinski definition) is 5. The zero-order valence-corrected chi connectivity index (χ0v) is 14.5. The molecule has 126 valence electrons. The molecule has 2 aromatic heterocycles. The Morgan fingerprint density at radius 3 is 2.83 bits per heavy atom. The molecule has 3 rings (SSSR count). The summed E-state index contributed by atoms with van der Waals surface area (Å²) in [7, 11) is -2.55. The lowest BCUT2D eigenvalue weighted by molar-refractivity contribution is 0.291. The van der Waals surface area contributed by atoms with Crippen LogP contribution in [0.4, 0.5) is 5.69 Å². The summed E-state index contributed by atoms with van der Waals surface area (Å²) >= 11 is 0. The van der Waals surface area contributed by atoms with Crippen LogP contribution in [-0.4, -0.2) is 49.2 Å². The molecule has 0 spiro atoms. The van der Waals surface area contributed by atoms with Crippen molar-refractivity contribution in [3.8, 4) is 0 Å². The molecule has 0 unspecified atom stereocenters. The van der Waals surface area contributed by atoms with Gasteiger partial charge in [0.15, 0.2) is 5.65 Å². The topological polar surface area (TPSA) is 86.9 Å². The number of pyridine rings is 1. The summed E-state index contributed by atoms with van der Waals surface area (Å²) in [6.45, 7) is 5.23. The summed E-state index contributed by atoms with van der Waals surface area (Å²) in [5.74, 6) is 0.539. The Morgan fingerprint density at radius 2 is 2.17 bits per heavy atom. The first-order valence-electron chi connectivity index (χ1n) is 8.02. The van der Waals surface area contributed by atoms with Gasteiger partial charge in [0, 0.05) is 44.3 Å². The Balaban J connectivity index is 1.63. The predicted octanol–water partition coefficient (Wildman–Crippen LogP) is 2.17. The second-order valence-corrected chi connectivity index (χ2v) is 8.23. The van der Waals surface area contributed by atoms with E-state index in [2.05, 4.69) is 22.3 Å². The molecule has 2 N–H and O–H groups in total. The van der Waals surface area contributed by atoms with Crippen molar-refractivity contribution in [2.75, 3.05) is 31.2 Å². The molecule has 0 radical (unpaired) electrons. The van der Waals surface area contributed by atoms with Crippen LogP contribution in [0, 0.1) is 10.7 Å². The minimum Gasteiger partial charge on any atom is -0.384 e. The number of piperidine rings is 1. The summed E-state index contributed by atoms with van der Waals surface area (Å²) < 4.78 is 23.1. The minimum atomic E-state index is -2.55. The van der Waals surface area contributed by atoms with E-state index >= 15 is 0 Å². The van der Waals surface area contributed by atoms with Crippen molar-refractivity contribution in [2.45, 2.75) is 26.3 Å². The van der Waals surface area contributed by atoms with Gasteiger partial charge in [-0.05, 0) is 31.7 Å². The number of rotatable bonds is 5. The van der Waals surface area contributed by atoms with Crippen LogP contribution in [0.5, 0.6) is 0 Å². The maximum atomic E-state index is 11.8. The second-order valence-electron chi connectivity index (χ2n) is 6.11. The van der Waals surface area contributed by atoms with Crippen molar-refractivity contribution in [3.63, 3.8) is 0 Å². The summed E-state index contributed by atoms with van der Waals surface area (Å²) in [6.07, 6.45) is 7.12. The highest BCUT2D eigenvalue weighted by Crippen LogP contribution is 2.24. The summed E-state index contributed by atoms with van der Waals surface area (Å²) in [6, 6.07) is 1.99. The minimum absolute atomic E-state index is 0.539. The van der Waals surface area contributed by atoms with Crippen LogP contribution < -0.4 is 5.32 Å². The molecule has 23 heavy (non-hydrogen) atoms. The molecule has 7 nitrogen and oxygen atoms in total. The standard InChI is InChI=1S/C15H24N6OS/c1-3-21-15-13(11-19-21)14(4-7-17-15)18-10-12-5-8-20(9-6-12)23(2,16)22/h4,7,11-12,16H,3,5-6,8-10H2,1-2H3,(H,17,18)/t23-/m1/s1. The average molecular weight is 336 g/mol. The van der Waals surface area contributed by atoms with Crippen molar-refractivity contribution in [3.05, 3.63) is 18.5 Å². The third-order valence-corrected chi connectivity index (χ3v) is 5.84. The summed E-state index contributed by atoms with van der Waals surface area (Å²) in [4.78, 5) is 4.41. The number of nitrogens with one attached hydrogen (secondary N) is 2. The van der Waals surface area contributed by atoms with Crippen molar-refractivity contribution >= 4 is 26.6 Å². The van der Waals surface area contributed by atoms with Gasteiger partial charge in [-0.1, -0.05) is 0 Å². The van der Waals surface area contributed by atoms with E-state index in [-0.39, 0.29) is 0 Å². The van der Waals surface area contributed by atoms with Crippen LogP contribution in [0.25, 0.3) is 11.0 Å². The first-order chi connectivity index (χ1) is 11.0. The lowest BCUT2D eigenvalue weighted by Gasteiger charge is -2.31. The largest absolute Gasteiger partial charge is 0.384 e. The molecule has 8 heteroatoms. The molecule has 1 aliphatic heterocycles. The highest BCUT2D eigenvalue weighted by atomic mass is 32.2. The van der Waals surface area contributed by atoms with E-state index in [1.165, 1.54) is 6.26 Å². The molecule has 0 aromatic carbocycles. The van der Waals surface area contributed by atoms with Crippen LogP contribution in [0.1, 0.15) is 19.8 Å². The molecule has 0 bridgehead atoms. The van der Waals surface area contributed by atoms with E-state index in [0.717, 1.165) is 55.7 Å². The first kappa shape index (κ1) is 16.2. The molecule has 2 aromatic rings. The molecule has 1 aliphatic rings. The van der Waals surface area contributed by atoms with Crippen molar-refractivity contribution in [2.24, 2.45) is 5.92 Å². The first-order valence-corrected chi connectivity index (χ1v) is 9.94. The quantitative estimate of drug-likeness (QED) is 0.876. The molecule has 1 atom stereocenters. The third-order valence-electron chi connectivity index (χ3n) is 4.49. The van der Waals surface area contributed by atoms with Gasteiger partial charge in [0.2, 0.25) is 0 Å². The van der Waals surface area contributed by atoms with Crippen LogP contribution in [-0.2, 0) is 16.5 Å². The van der Waals surface area contributed by atoms with Gasteiger partial charge < -0.3 is 5.32 Å². The third kappa shape index (κ3) is 3.48. The van der Waals surface area contributed by atoms with Gasteiger partial charge in [0.05, 0.1) is 11.6 Å². The normalized spacial score (nSPS) is 19.7. The van der Waals surface area contributed by atoms with Gasteiger partial charge in [-0.2, -0.15) is 5.10 Å². The van der Waals surface area contributed by atoms with E-state index in [1.54, 1.807) is 4.31 Å². The van der Waals surface area contributed by atoms with E-state index in [4.69, 9.17) is 4.78 Å². The van der Waals surface area contributed by atoms with Gasteiger partial charge in [-0.25, -0.2) is 23.0 Å². The SMILES string of the molecule is CCn1ncc2c(NCC3CCN([S@@](C)(=N)=O)CC3)ccnc21. The van der Waals surface area contributed by atoms with E-state index < -0.39 is 9.92 Å². The lowest BCUT2D eigenvalue weighted by atomic mass is 9.98. The fraction of sp³-hybridized carbons (Fsp3) is 0.600. The fourth-order valence-electron chi connectivity index (χ4n) is 3.08. The Bertz CT molecular complexity index is 776. The molecular formula is C15H24N6OS. The van der Waals surface area contributed by atoms with Gasteiger partial charge >= 0.3 is 0 Å². The number of anilines is 1. The highest BCUT2D eigenvalue weighted by molar-refractivity contribution is 7.89. The van der Waals surface area contributed by atoms with E-state index in [1.807, 2.05) is 23.1 Å². The molecule has 0 aliphatic carbocycles. The number of nitrogens with zero attached hydrogens (tertiary/aromatic N) is 4. The Kier molecular flexibility index (Phi) is 4.54. The Morgan fingerprint density at radius 1 is 1.43 bits per heavy atom. The maximum Gasteiger partial charge on any atom is 0.159 e. The number of hydrogen-bond donors (Lipinski definition) is 2. The fourth-order valence-corrected chi connectivity index (χ4v) is 3.99. The van der Waals surface area contributed by atoms with E-state index in [0.29, 0.717) is 5.92 Å². The maximum absolute atomic E-state index is 11.8. The molecule has 1 saturated heterocycles. The van der Waals surface area contributed by atoms with Crippen molar-refractivity contribution in [1.29, 1.82) is 4.78 Å². The molecule has 0 saturated carbocycles. The zero-order chi connectivity index (χ0) is 16.4. The van der Waals surface area contributed by atoms with Crippen LogP contribution in [0.15, 0.2) is 18.5 Å². The van der Waals surface area contributed by atoms with Crippen LogP contribution in [0.2, 0.25) is 0 Å². The Hall–Kier alpha value is -1.67. The second kappa shape index (κ2) is 6.45. The highest BCUT2D eigenvalue weighted by Gasteiger charge is 2.23. The lowest BCUT2D eigenvalue weighted by Crippen LogP contribution is -2.38. The molecule has 3 heterocycles. The predicted molar refractivity (Wildman–Crippen MR) is 92.8 cm³/mol. The molecule has 0 amide bonds. The number of fused-ring (bicyclic) bond motifs is 1. The van der Waals surface area contributed by atoms with Gasteiger partial charge in [0.1, 0.15) is 9.92 Å². The van der Waals surface area contributed by atoms with Gasteiger partial charge in [0.25, 0.3) is 0 Å².